The molecule has 0 fully saturated rings. The first kappa shape index (κ1) is 24.6. The highest BCUT2D eigenvalue weighted by Crippen LogP contribution is 2.26. The van der Waals surface area contributed by atoms with Gasteiger partial charge in [-0.15, -0.1) is 11.3 Å². The molecule has 2 heterocycles. The van der Waals surface area contributed by atoms with E-state index in [4.69, 9.17) is 4.99 Å². The van der Waals surface area contributed by atoms with Crippen molar-refractivity contribution in [3.05, 3.63) is 147 Å². The highest BCUT2D eigenvalue weighted by atomic mass is 32.1. The third kappa shape index (κ3) is 4.82. The number of benzene rings is 4. The number of nitrogens with zero attached hydrogens (tertiary/aromatic N) is 4. The van der Waals surface area contributed by atoms with E-state index in [1.807, 2.05) is 73.3 Å². The third-order valence-electron chi connectivity index (χ3n) is 7.00. The van der Waals surface area contributed by atoms with Gasteiger partial charge in [-0.3, -0.25) is 9.48 Å². The van der Waals surface area contributed by atoms with Crippen LogP contribution in [-0.4, -0.2) is 13.9 Å². The molecule has 0 saturated heterocycles. The quantitative estimate of drug-likeness (QED) is 0.230. The van der Waals surface area contributed by atoms with Gasteiger partial charge in [-0.05, 0) is 41.3 Å². The van der Waals surface area contributed by atoms with Gasteiger partial charge in [0.25, 0.3) is 5.56 Å². The summed E-state index contributed by atoms with van der Waals surface area (Å²) in [6, 6.07) is 39.1. The van der Waals surface area contributed by atoms with Gasteiger partial charge in [0.15, 0.2) is 10.5 Å². The lowest BCUT2D eigenvalue weighted by Gasteiger charge is -2.10. The van der Waals surface area contributed by atoms with Gasteiger partial charge in [-0.2, -0.15) is 0 Å². The normalized spacial score (nSPS) is 11.7. The first-order chi connectivity index (χ1) is 19.1. The number of hydrogen-bond donors (Lipinski definition) is 0. The summed E-state index contributed by atoms with van der Waals surface area (Å²) in [6.45, 7) is 2.59. The van der Waals surface area contributed by atoms with Crippen LogP contribution >= 0.6 is 11.3 Å². The Bertz CT molecular complexity index is 1840. The average molecular weight is 529 g/mol. The zero-order valence-electron chi connectivity index (χ0n) is 21.9. The molecule has 0 saturated carbocycles. The Hall–Kier alpha value is -4.68. The van der Waals surface area contributed by atoms with Gasteiger partial charge in [0, 0.05) is 12.4 Å². The Kier molecular flexibility index (Phi) is 6.69. The lowest BCUT2D eigenvalue weighted by molar-refractivity contribution is 0.630. The van der Waals surface area contributed by atoms with E-state index in [0.717, 1.165) is 27.4 Å². The minimum Gasteiger partial charge on any atom is -0.312 e. The van der Waals surface area contributed by atoms with Crippen LogP contribution in [0, 0.1) is 6.92 Å². The molecule has 39 heavy (non-hydrogen) atoms. The van der Waals surface area contributed by atoms with Gasteiger partial charge in [0.05, 0.1) is 23.6 Å². The van der Waals surface area contributed by atoms with Gasteiger partial charge in [-0.25, -0.2) is 9.67 Å². The first-order valence-corrected chi connectivity index (χ1v) is 13.7. The predicted octanol–water partition coefficient (Wildman–Crippen LogP) is 6.96. The molecular formula is C33H28N4OS. The van der Waals surface area contributed by atoms with Crippen molar-refractivity contribution in [1.82, 2.24) is 13.9 Å². The Morgan fingerprint density at radius 3 is 1.95 bits per heavy atom. The first-order valence-electron chi connectivity index (χ1n) is 12.9. The SMILES string of the molecule is Cc1c(N=c2scc(-c3ccc(-c4ccccc4)cc3)n2Cc2ccccc2)c(=O)n(-c2ccccc2)n1C. The zero-order valence-corrected chi connectivity index (χ0v) is 22.7. The van der Waals surface area contributed by atoms with Crippen molar-refractivity contribution >= 4 is 17.0 Å². The van der Waals surface area contributed by atoms with Crippen LogP contribution < -0.4 is 10.4 Å². The van der Waals surface area contributed by atoms with Gasteiger partial charge >= 0.3 is 0 Å². The van der Waals surface area contributed by atoms with E-state index in [0.29, 0.717) is 12.2 Å². The topological polar surface area (TPSA) is 44.2 Å². The van der Waals surface area contributed by atoms with Crippen molar-refractivity contribution in [2.24, 2.45) is 12.0 Å². The summed E-state index contributed by atoms with van der Waals surface area (Å²) in [7, 11) is 1.90. The van der Waals surface area contributed by atoms with E-state index in [-0.39, 0.29) is 5.56 Å². The minimum atomic E-state index is -0.130. The van der Waals surface area contributed by atoms with Crippen LogP contribution in [-0.2, 0) is 13.6 Å². The number of thiazole rings is 1. The third-order valence-corrected chi connectivity index (χ3v) is 7.86. The zero-order chi connectivity index (χ0) is 26.8. The number of rotatable bonds is 6. The van der Waals surface area contributed by atoms with Crippen LogP contribution in [0.4, 0.5) is 5.69 Å². The maximum atomic E-state index is 13.6. The van der Waals surface area contributed by atoms with Crippen molar-refractivity contribution in [2.75, 3.05) is 0 Å². The van der Waals surface area contributed by atoms with E-state index in [1.165, 1.54) is 16.7 Å². The van der Waals surface area contributed by atoms with Crippen molar-refractivity contribution in [2.45, 2.75) is 13.5 Å². The second-order valence-corrected chi connectivity index (χ2v) is 10.3. The van der Waals surface area contributed by atoms with Crippen molar-refractivity contribution in [3.8, 4) is 28.1 Å². The van der Waals surface area contributed by atoms with Crippen LogP contribution in [0.2, 0.25) is 0 Å². The molecule has 4 aromatic carbocycles. The summed E-state index contributed by atoms with van der Waals surface area (Å²) in [4.78, 5) is 19.3. The largest absolute Gasteiger partial charge is 0.312 e. The van der Waals surface area contributed by atoms with Crippen LogP contribution in [0.1, 0.15) is 11.3 Å². The molecule has 6 aromatic rings. The Morgan fingerprint density at radius 2 is 1.28 bits per heavy atom. The predicted molar refractivity (Wildman–Crippen MR) is 160 cm³/mol. The smallest absolute Gasteiger partial charge is 0.297 e. The standard InChI is InChI=1S/C33H28N4OS/c1-24-31(32(38)37(35(24)2)29-16-10-5-11-17-29)34-33-36(22-25-12-6-3-7-13-25)30(23-39-33)28-20-18-27(19-21-28)26-14-8-4-9-15-26/h3-21,23H,22H2,1-2H3. The lowest BCUT2D eigenvalue weighted by Crippen LogP contribution is -2.20. The van der Waals surface area contributed by atoms with Gasteiger partial charge in [0.1, 0.15) is 0 Å². The Morgan fingerprint density at radius 1 is 0.718 bits per heavy atom. The highest BCUT2D eigenvalue weighted by molar-refractivity contribution is 7.07. The molecule has 0 aliphatic rings. The van der Waals surface area contributed by atoms with E-state index in [2.05, 4.69) is 70.6 Å². The Balaban J connectivity index is 1.48. The molecule has 0 aliphatic carbocycles. The van der Waals surface area contributed by atoms with E-state index >= 15 is 0 Å². The molecule has 0 N–H and O–H groups in total. The fourth-order valence-electron chi connectivity index (χ4n) is 4.81. The monoisotopic (exact) mass is 528 g/mol. The fourth-order valence-corrected chi connectivity index (χ4v) is 5.73. The molecule has 0 bridgehead atoms. The lowest BCUT2D eigenvalue weighted by atomic mass is 10.0. The number of para-hydroxylation sites is 1. The maximum Gasteiger partial charge on any atom is 0.297 e. The van der Waals surface area contributed by atoms with Gasteiger partial charge in [0.2, 0.25) is 0 Å². The van der Waals surface area contributed by atoms with Crippen LogP contribution in [0.5, 0.6) is 0 Å². The molecular weight excluding hydrogens is 500 g/mol. The van der Waals surface area contributed by atoms with Crippen LogP contribution in [0.3, 0.4) is 0 Å². The maximum absolute atomic E-state index is 13.6. The second-order valence-electron chi connectivity index (χ2n) is 9.44. The number of hydrogen-bond acceptors (Lipinski definition) is 3. The summed E-state index contributed by atoms with van der Waals surface area (Å²) in [5.41, 5.74) is 7.67. The fraction of sp³-hybridized carbons (Fsp3) is 0.0909. The Labute approximate surface area is 231 Å². The summed E-state index contributed by atoms with van der Waals surface area (Å²) in [5, 5.41) is 2.13. The second kappa shape index (κ2) is 10.6. The summed E-state index contributed by atoms with van der Waals surface area (Å²) in [5.74, 6) is 0. The summed E-state index contributed by atoms with van der Waals surface area (Å²) < 4.78 is 5.75. The molecule has 2 aromatic heterocycles. The van der Waals surface area contributed by atoms with E-state index in [9.17, 15) is 4.79 Å². The number of aromatic nitrogens is 3. The highest BCUT2D eigenvalue weighted by Gasteiger charge is 2.17. The molecule has 0 atom stereocenters. The molecule has 6 heteroatoms. The summed E-state index contributed by atoms with van der Waals surface area (Å²) >= 11 is 1.55. The molecule has 0 aliphatic heterocycles. The molecule has 0 amide bonds. The molecule has 192 valence electrons. The molecule has 0 unspecified atom stereocenters. The van der Waals surface area contributed by atoms with Gasteiger partial charge in [-0.1, -0.05) is 103 Å². The molecule has 0 radical (unpaired) electrons. The van der Waals surface area contributed by atoms with E-state index < -0.39 is 0 Å². The molecule has 0 spiro atoms. The summed E-state index contributed by atoms with van der Waals surface area (Å²) in [6.07, 6.45) is 0. The van der Waals surface area contributed by atoms with Crippen LogP contribution in [0.25, 0.3) is 28.1 Å². The molecule has 6 rings (SSSR count). The van der Waals surface area contributed by atoms with Crippen molar-refractivity contribution < 1.29 is 0 Å². The van der Waals surface area contributed by atoms with Crippen molar-refractivity contribution in [3.63, 3.8) is 0 Å². The van der Waals surface area contributed by atoms with Crippen molar-refractivity contribution in [1.29, 1.82) is 0 Å². The molecule has 5 nitrogen and oxygen atoms in total. The average Bonchev–Trinajstić information content (AvgIpc) is 3.47. The van der Waals surface area contributed by atoms with Gasteiger partial charge < -0.3 is 4.57 Å². The van der Waals surface area contributed by atoms with E-state index in [1.54, 1.807) is 16.0 Å². The van der Waals surface area contributed by atoms with Crippen LogP contribution in [0.15, 0.2) is 130 Å². The minimum absolute atomic E-state index is 0.130.